The van der Waals surface area contributed by atoms with E-state index in [1.54, 1.807) is 11.3 Å². The number of thiazole rings is 1. The highest BCUT2D eigenvalue weighted by Gasteiger charge is 2.18. The molecule has 1 fully saturated rings. The molecule has 1 N–H and O–H groups in total. The standard InChI is InChI=1S/C10H15BrN2S/c1-7-2-4-8(5-3-7)12-10-13-9(11)6-14-10/h6-8H,2-5H2,1H3,(H,12,13). The second kappa shape index (κ2) is 4.62. The van der Waals surface area contributed by atoms with Gasteiger partial charge in [-0.3, -0.25) is 0 Å². The van der Waals surface area contributed by atoms with Crippen molar-refractivity contribution in [2.45, 2.75) is 38.6 Å². The quantitative estimate of drug-likeness (QED) is 0.885. The minimum absolute atomic E-state index is 0.643. The molecule has 0 unspecified atom stereocenters. The zero-order valence-corrected chi connectivity index (χ0v) is 10.7. The van der Waals surface area contributed by atoms with Gasteiger partial charge in [0.15, 0.2) is 5.13 Å². The average molecular weight is 275 g/mol. The summed E-state index contributed by atoms with van der Waals surface area (Å²) in [5.41, 5.74) is 0. The zero-order valence-electron chi connectivity index (χ0n) is 8.29. The van der Waals surface area contributed by atoms with E-state index in [4.69, 9.17) is 0 Å². The highest BCUT2D eigenvalue weighted by molar-refractivity contribution is 9.10. The van der Waals surface area contributed by atoms with E-state index in [-0.39, 0.29) is 0 Å². The molecule has 2 rings (SSSR count). The van der Waals surface area contributed by atoms with Gasteiger partial charge in [-0.2, -0.15) is 0 Å². The minimum Gasteiger partial charge on any atom is -0.359 e. The van der Waals surface area contributed by atoms with Crippen LogP contribution in [0.4, 0.5) is 5.13 Å². The first-order valence-corrected chi connectivity index (χ1v) is 6.79. The molecule has 1 saturated carbocycles. The molecule has 1 aliphatic carbocycles. The fraction of sp³-hybridized carbons (Fsp3) is 0.700. The van der Waals surface area contributed by atoms with Gasteiger partial charge >= 0.3 is 0 Å². The second-order valence-electron chi connectivity index (χ2n) is 4.08. The highest BCUT2D eigenvalue weighted by atomic mass is 79.9. The average Bonchev–Trinajstić information content (AvgIpc) is 2.56. The summed E-state index contributed by atoms with van der Waals surface area (Å²) in [6, 6.07) is 0.643. The van der Waals surface area contributed by atoms with E-state index < -0.39 is 0 Å². The summed E-state index contributed by atoms with van der Waals surface area (Å²) in [5, 5.41) is 6.57. The second-order valence-corrected chi connectivity index (χ2v) is 5.75. The van der Waals surface area contributed by atoms with Gasteiger partial charge in [-0.1, -0.05) is 6.92 Å². The van der Waals surface area contributed by atoms with Crippen LogP contribution in [0.1, 0.15) is 32.6 Å². The Morgan fingerprint density at radius 2 is 2.14 bits per heavy atom. The SMILES string of the molecule is CC1CCC(Nc2nc(Br)cs2)CC1. The molecule has 2 nitrogen and oxygen atoms in total. The van der Waals surface area contributed by atoms with Gasteiger partial charge < -0.3 is 5.32 Å². The maximum atomic E-state index is 4.35. The molecule has 0 aliphatic heterocycles. The van der Waals surface area contributed by atoms with Crippen LogP contribution in [0.3, 0.4) is 0 Å². The fourth-order valence-corrected chi connectivity index (χ4v) is 3.12. The molecule has 1 aromatic rings. The van der Waals surface area contributed by atoms with E-state index in [0.717, 1.165) is 15.7 Å². The predicted molar refractivity (Wildman–Crippen MR) is 64.9 cm³/mol. The van der Waals surface area contributed by atoms with Crippen LogP contribution >= 0.6 is 27.3 Å². The molecule has 14 heavy (non-hydrogen) atoms. The lowest BCUT2D eigenvalue weighted by atomic mass is 9.87. The Hall–Kier alpha value is -0.0900. The Balaban J connectivity index is 1.86. The van der Waals surface area contributed by atoms with Crippen molar-refractivity contribution < 1.29 is 0 Å². The number of nitrogens with one attached hydrogen (secondary N) is 1. The Morgan fingerprint density at radius 3 is 2.71 bits per heavy atom. The van der Waals surface area contributed by atoms with Crippen molar-refractivity contribution in [2.24, 2.45) is 5.92 Å². The molecule has 0 spiro atoms. The summed E-state index contributed by atoms with van der Waals surface area (Å²) in [4.78, 5) is 4.35. The van der Waals surface area contributed by atoms with Crippen molar-refractivity contribution in [1.82, 2.24) is 4.98 Å². The third-order valence-electron chi connectivity index (χ3n) is 2.82. The maximum Gasteiger partial charge on any atom is 0.183 e. The number of aromatic nitrogens is 1. The molecule has 4 heteroatoms. The molecular formula is C10H15BrN2S. The topological polar surface area (TPSA) is 24.9 Å². The van der Waals surface area contributed by atoms with Crippen molar-refractivity contribution in [1.29, 1.82) is 0 Å². The van der Waals surface area contributed by atoms with Gasteiger partial charge in [0.2, 0.25) is 0 Å². The van der Waals surface area contributed by atoms with Crippen molar-refractivity contribution in [3.05, 3.63) is 9.98 Å². The molecule has 0 saturated heterocycles. The van der Waals surface area contributed by atoms with Crippen LogP contribution in [0.5, 0.6) is 0 Å². The Morgan fingerprint density at radius 1 is 1.43 bits per heavy atom. The first-order chi connectivity index (χ1) is 6.74. The third-order valence-corrected chi connectivity index (χ3v) is 4.30. The van der Waals surface area contributed by atoms with Crippen LogP contribution in [0.2, 0.25) is 0 Å². The number of hydrogen-bond donors (Lipinski definition) is 1. The predicted octanol–water partition coefficient (Wildman–Crippen LogP) is 3.90. The van der Waals surface area contributed by atoms with Crippen LogP contribution in [-0.4, -0.2) is 11.0 Å². The normalized spacial score (nSPS) is 27.6. The van der Waals surface area contributed by atoms with Gasteiger partial charge in [0.25, 0.3) is 0 Å². The van der Waals surface area contributed by atoms with Crippen LogP contribution in [0, 0.1) is 5.92 Å². The van der Waals surface area contributed by atoms with Crippen molar-refractivity contribution in [3.63, 3.8) is 0 Å². The summed E-state index contributed by atoms with van der Waals surface area (Å²) in [7, 11) is 0. The number of anilines is 1. The molecular weight excluding hydrogens is 260 g/mol. The number of halogens is 1. The van der Waals surface area contributed by atoms with Gasteiger partial charge in [-0.15, -0.1) is 11.3 Å². The van der Waals surface area contributed by atoms with E-state index in [0.29, 0.717) is 6.04 Å². The fourth-order valence-electron chi connectivity index (χ4n) is 1.90. The van der Waals surface area contributed by atoms with E-state index in [1.807, 2.05) is 5.38 Å². The van der Waals surface area contributed by atoms with Crippen molar-refractivity contribution in [2.75, 3.05) is 5.32 Å². The molecule has 0 amide bonds. The molecule has 1 aliphatic rings. The summed E-state index contributed by atoms with van der Waals surface area (Å²) in [6.07, 6.45) is 5.28. The maximum absolute atomic E-state index is 4.35. The molecule has 0 bridgehead atoms. The lowest BCUT2D eigenvalue weighted by Crippen LogP contribution is -2.24. The monoisotopic (exact) mass is 274 g/mol. The lowest BCUT2D eigenvalue weighted by molar-refractivity contribution is 0.361. The van der Waals surface area contributed by atoms with Crippen LogP contribution < -0.4 is 5.32 Å². The van der Waals surface area contributed by atoms with Crippen LogP contribution in [0.15, 0.2) is 9.98 Å². The van der Waals surface area contributed by atoms with E-state index >= 15 is 0 Å². The molecule has 0 radical (unpaired) electrons. The Kier molecular flexibility index (Phi) is 3.44. The summed E-state index contributed by atoms with van der Waals surface area (Å²) in [6.45, 7) is 2.34. The van der Waals surface area contributed by atoms with Gasteiger partial charge in [0, 0.05) is 11.4 Å². The van der Waals surface area contributed by atoms with E-state index in [1.165, 1.54) is 25.7 Å². The van der Waals surface area contributed by atoms with Gasteiger partial charge in [-0.25, -0.2) is 4.98 Å². The minimum atomic E-state index is 0.643. The number of nitrogens with zero attached hydrogens (tertiary/aromatic N) is 1. The molecule has 78 valence electrons. The number of hydrogen-bond acceptors (Lipinski definition) is 3. The zero-order chi connectivity index (χ0) is 9.97. The summed E-state index contributed by atoms with van der Waals surface area (Å²) >= 11 is 5.04. The van der Waals surface area contributed by atoms with E-state index in [9.17, 15) is 0 Å². The Bertz CT molecular complexity index is 292. The number of rotatable bonds is 2. The third kappa shape index (κ3) is 2.70. The van der Waals surface area contributed by atoms with Crippen molar-refractivity contribution in [3.8, 4) is 0 Å². The molecule has 0 aromatic carbocycles. The van der Waals surface area contributed by atoms with Gasteiger partial charge in [0.05, 0.1) is 0 Å². The van der Waals surface area contributed by atoms with Crippen LogP contribution in [0.25, 0.3) is 0 Å². The Labute approximate surface area is 97.3 Å². The molecule has 1 aromatic heterocycles. The highest BCUT2D eigenvalue weighted by Crippen LogP contribution is 2.27. The van der Waals surface area contributed by atoms with E-state index in [2.05, 4.69) is 33.2 Å². The molecule has 0 atom stereocenters. The first kappa shape index (κ1) is 10.4. The van der Waals surface area contributed by atoms with Gasteiger partial charge in [0.1, 0.15) is 4.60 Å². The smallest absolute Gasteiger partial charge is 0.183 e. The van der Waals surface area contributed by atoms with Gasteiger partial charge in [-0.05, 0) is 47.5 Å². The largest absolute Gasteiger partial charge is 0.359 e. The molecule has 1 heterocycles. The van der Waals surface area contributed by atoms with Crippen molar-refractivity contribution >= 4 is 32.4 Å². The lowest BCUT2D eigenvalue weighted by Gasteiger charge is -2.26. The van der Waals surface area contributed by atoms with Crippen LogP contribution in [-0.2, 0) is 0 Å². The summed E-state index contributed by atoms with van der Waals surface area (Å²) < 4.78 is 0.939. The summed E-state index contributed by atoms with van der Waals surface area (Å²) in [5.74, 6) is 0.913. The first-order valence-electron chi connectivity index (χ1n) is 5.11.